The smallest absolute Gasteiger partial charge is 0.285 e. The predicted octanol–water partition coefficient (Wildman–Crippen LogP) is 1.10. The minimum atomic E-state index is -0.645. The summed E-state index contributed by atoms with van der Waals surface area (Å²) in [6.07, 6.45) is 1.01. The molecule has 0 atom stereocenters. The van der Waals surface area contributed by atoms with Crippen LogP contribution in [-0.4, -0.2) is 40.3 Å². The number of anilines is 1. The second-order valence-electron chi connectivity index (χ2n) is 5.44. The van der Waals surface area contributed by atoms with Crippen LogP contribution in [0, 0.1) is 10.1 Å². The summed E-state index contributed by atoms with van der Waals surface area (Å²) >= 11 is 0. The summed E-state index contributed by atoms with van der Waals surface area (Å²) < 4.78 is 0.956. The van der Waals surface area contributed by atoms with E-state index < -0.39 is 16.4 Å². The number of amides is 2. The van der Waals surface area contributed by atoms with Gasteiger partial charge in [0, 0.05) is 37.5 Å². The van der Waals surface area contributed by atoms with Gasteiger partial charge in [-0.25, -0.2) is 0 Å². The lowest BCUT2D eigenvalue weighted by Gasteiger charge is -2.11. The van der Waals surface area contributed by atoms with Crippen LogP contribution in [-0.2, 0) is 11.3 Å². The van der Waals surface area contributed by atoms with E-state index in [0.717, 1.165) is 22.9 Å². The zero-order chi connectivity index (χ0) is 18.6. The third kappa shape index (κ3) is 4.50. The Morgan fingerprint density at radius 1 is 1.16 bits per heavy atom. The summed E-state index contributed by atoms with van der Waals surface area (Å²) in [4.78, 5) is 47.0. The molecule has 0 radical (unpaired) electrons. The maximum Gasteiger partial charge on any atom is 0.285 e. The fourth-order valence-corrected chi connectivity index (χ4v) is 2.06. The van der Waals surface area contributed by atoms with Gasteiger partial charge in [0.25, 0.3) is 17.2 Å². The quantitative estimate of drug-likeness (QED) is 0.644. The molecule has 130 valence electrons. The molecule has 0 unspecified atom stereocenters. The summed E-state index contributed by atoms with van der Waals surface area (Å²) in [5.74, 6) is -0.685. The number of nitrogens with one attached hydrogen (secondary N) is 1. The van der Waals surface area contributed by atoms with Crippen molar-refractivity contribution in [3.63, 3.8) is 0 Å². The van der Waals surface area contributed by atoms with Crippen molar-refractivity contribution < 1.29 is 14.5 Å². The lowest BCUT2D eigenvalue weighted by atomic mass is 10.2. The molecule has 0 aliphatic rings. The molecule has 1 heterocycles. The Bertz CT molecular complexity index is 871. The number of nitrogens with zero attached hydrogens (tertiary/aromatic N) is 3. The van der Waals surface area contributed by atoms with Gasteiger partial charge in [0.15, 0.2) is 0 Å². The lowest BCUT2D eigenvalue weighted by molar-refractivity contribution is -0.385. The van der Waals surface area contributed by atoms with E-state index in [4.69, 9.17) is 0 Å². The van der Waals surface area contributed by atoms with E-state index in [1.807, 2.05) is 0 Å². The summed E-state index contributed by atoms with van der Waals surface area (Å²) in [5, 5.41) is 13.3. The average molecular weight is 344 g/mol. The Morgan fingerprint density at radius 2 is 1.80 bits per heavy atom. The van der Waals surface area contributed by atoms with Gasteiger partial charge in [-0.3, -0.25) is 29.1 Å². The maximum absolute atomic E-state index is 12.0. The number of aromatic nitrogens is 1. The van der Waals surface area contributed by atoms with Crippen molar-refractivity contribution in [2.45, 2.75) is 6.54 Å². The summed E-state index contributed by atoms with van der Waals surface area (Å²) in [7, 11) is 3.27. The third-order valence-electron chi connectivity index (χ3n) is 3.31. The zero-order valence-electron chi connectivity index (χ0n) is 13.6. The van der Waals surface area contributed by atoms with Crippen LogP contribution in [0.5, 0.6) is 0 Å². The molecule has 9 heteroatoms. The monoisotopic (exact) mass is 344 g/mol. The highest BCUT2D eigenvalue weighted by Crippen LogP contribution is 2.11. The first-order chi connectivity index (χ1) is 11.8. The minimum Gasteiger partial charge on any atom is -0.345 e. The van der Waals surface area contributed by atoms with Crippen LogP contribution < -0.4 is 10.9 Å². The van der Waals surface area contributed by atoms with Gasteiger partial charge in [0.05, 0.1) is 11.1 Å². The number of hydrogen-bond acceptors (Lipinski definition) is 5. The number of carbonyl (C=O) groups is 2. The second kappa shape index (κ2) is 7.39. The van der Waals surface area contributed by atoms with Crippen molar-refractivity contribution >= 4 is 23.2 Å². The molecule has 1 aromatic heterocycles. The van der Waals surface area contributed by atoms with E-state index in [1.54, 1.807) is 38.4 Å². The lowest BCUT2D eigenvalue weighted by Crippen LogP contribution is -2.27. The molecule has 2 amide bonds. The van der Waals surface area contributed by atoms with Crippen molar-refractivity contribution in [1.29, 1.82) is 0 Å². The number of rotatable bonds is 5. The molecule has 0 spiro atoms. The Balaban J connectivity index is 2.08. The Hall–Kier alpha value is -3.49. The SMILES string of the molecule is CN(C)C(=O)c1ccc(NC(=O)Cn2cc([N+](=O)[O-])ccc2=O)cc1. The molecule has 2 rings (SSSR count). The van der Waals surface area contributed by atoms with E-state index in [9.17, 15) is 24.5 Å². The van der Waals surface area contributed by atoms with Crippen molar-refractivity contribution in [3.05, 3.63) is 68.6 Å². The number of carbonyl (C=O) groups excluding carboxylic acids is 2. The molecule has 1 N–H and O–H groups in total. The van der Waals surface area contributed by atoms with Crippen molar-refractivity contribution in [3.8, 4) is 0 Å². The number of nitro groups is 1. The van der Waals surface area contributed by atoms with E-state index in [1.165, 1.54) is 4.90 Å². The van der Waals surface area contributed by atoms with E-state index in [0.29, 0.717) is 11.3 Å². The molecular formula is C16H16N4O5. The maximum atomic E-state index is 12.0. The van der Waals surface area contributed by atoms with E-state index in [2.05, 4.69) is 5.32 Å². The standard InChI is InChI=1S/C16H16N4O5/c1-18(2)16(23)11-3-5-12(6-4-11)17-14(21)10-19-9-13(20(24)25)7-8-15(19)22/h3-9H,10H2,1-2H3,(H,17,21). The highest BCUT2D eigenvalue weighted by Gasteiger charge is 2.12. The van der Waals surface area contributed by atoms with Crippen LogP contribution in [0.4, 0.5) is 11.4 Å². The third-order valence-corrected chi connectivity index (χ3v) is 3.31. The van der Waals surface area contributed by atoms with Gasteiger partial charge in [-0.2, -0.15) is 0 Å². The molecule has 2 aromatic rings. The van der Waals surface area contributed by atoms with Crippen molar-refractivity contribution in [2.24, 2.45) is 0 Å². The van der Waals surface area contributed by atoms with Gasteiger partial charge in [-0.1, -0.05) is 0 Å². The van der Waals surface area contributed by atoms with E-state index in [-0.39, 0.29) is 18.1 Å². The van der Waals surface area contributed by atoms with Crippen molar-refractivity contribution in [2.75, 3.05) is 19.4 Å². The first kappa shape index (κ1) is 17.9. The first-order valence-corrected chi connectivity index (χ1v) is 7.24. The molecule has 9 nitrogen and oxygen atoms in total. The van der Waals surface area contributed by atoms with Crippen LogP contribution in [0.1, 0.15) is 10.4 Å². The summed E-state index contributed by atoms with van der Waals surface area (Å²) in [6, 6.07) is 8.37. The van der Waals surface area contributed by atoms with Gasteiger partial charge in [0.1, 0.15) is 6.54 Å². The van der Waals surface area contributed by atoms with Gasteiger partial charge in [0.2, 0.25) is 5.91 Å². The molecule has 1 aromatic carbocycles. The van der Waals surface area contributed by atoms with Gasteiger partial charge >= 0.3 is 0 Å². The van der Waals surface area contributed by atoms with Crippen LogP contribution in [0.15, 0.2) is 47.4 Å². The van der Waals surface area contributed by atoms with E-state index >= 15 is 0 Å². The largest absolute Gasteiger partial charge is 0.345 e. The Labute approximate surface area is 142 Å². The number of hydrogen-bond donors (Lipinski definition) is 1. The summed E-state index contributed by atoms with van der Waals surface area (Å²) in [5.41, 5.74) is 0.114. The van der Waals surface area contributed by atoms with Gasteiger partial charge in [-0.15, -0.1) is 0 Å². The normalized spacial score (nSPS) is 10.2. The highest BCUT2D eigenvalue weighted by molar-refractivity contribution is 5.95. The fraction of sp³-hybridized carbons (Fsp3) is 0.188. The minimum absolute atomic E-state index is 0.166. The molecule has 0 saturated heterocycles. The Kier molecular flexibility index (Phi) is 5.28. The van der Waals surface area contributed by atoms with Crippen LogP contribution in [0.2, 0.25) is 0 Å². The highest BCUT2D eigenvalue weighted by atomic mass is 16.6. The molecule has 0 aliphatic carbocycles. The molecule has 0 bridgehead atoms. The fourth-order valence-electron chi connectivity index (χ4n) is 2.06. The van der Waals surface area contributed by atoms with Crippen LogP contribution >= 0.6 is 0 Å². The molecule has 0 fully saturated rings. The number of benzene rings is 1. The zero-order valence-corrected chi connectivity index (χ0v) is 13.6. The molecule has 25 heavy (non-hydrogen) atoms. The second-order valence-corrected chi connectivity index (χ2v) is 5.44. The van der Waals surface area contributed by atoms with Crippen molar-refractivity contribution in [1.82, 2.24) is 9.47 Å². The van der Waals surface area contributed by atoms with Crippen LogP contribution in [0.25, 0.3) is 0 Å². The number of pyridine rings is 1. The topological polar surface area (TPSA) is 115 Å². The predicted molar refractivity (Wildman–Crippen MR) is 90.4 cm³/mol. The average Bonchev–Trinajstić information content (AvgIpc) is 2.56. The molecule has 0 aliphatic heterocycles. The van der Waals surface area contributed by atoms with Gasteiger partial charge < -0.3 is 10.2 Å². The Morgan fingerprint density at radius 3 is 2.36 bits per heavy atom. The summed E-state index contributed by atoms with van der Waals surface area (Å²) in [6.45, 7) is -0.362. The van der Waals surface area contributed by atoms with Gasteiger partial charge in [-0.05, 0) is 24.3 Å². The molecule has 0 saturated carbocycles. The first-order valence-electron chi connectivity index (χ1n) is 7.24. The van der Waals surface area contributed by atoms with Crippen LogP contribution in [0.3, 0.4) is 0 Å². The molecular weight excluding hydrogens is 328 g/mol.